The van der Waals surface area contributed by atoms with Crippen molar-refractivity contribution in [3.63, 3.8) is 0 Å². The van der Waals surface area contributed by atoms with Crippen molar-refractivity contribution in [1.82, 2.24) is 5.32 Å². The van der Waals surface area contributed by atoms with E-state index in [1.807, 2.05) is 24.3 Å². The maximum absolute atomic E-state index is 11.8. The molecule has 0 saturated carbocycles. The van der Waals surface area contributed by atoms with Gasteiger partial charge in [-0.05, 0) is 24.3 Å². The van der Waals surface area contributed by atoms with Crippen molar-refractivity contribution in [2.75, 3.05) is 0 Å². The number of amidine groups is 1. The smallest absolute Gasteiger partial charge is 0.275 e. The number of hydrogen-bond acceptors (Lipinski definition) is 3. The first kappa shape index (κ1) is 11.9. The molecule has 0 bridgehead atoms. The highest BCUT2D eigenvalue weighted by molar-refractivity contribution is 9.10. The van der Waals surface area contributed by atoms with Gasteiger partial charge in [-0.25, -0.2) is 4.99 Å². The number of benzene rings is 1. The molecule has 4 nitrogen and oxygen atoms in total. The van der Waals surface area contributed by atoms with Crippen LogP contribution in [-0.4, -0.2) is 11.7 Å². The quantitative estimate of drug-likeness (QED) is 0.866. The molecule has 0 fully saturated rings. The van der Waals surface area contributed by atoms with E-state index in [1.54, 1.807) is 24.5 Å². The SMILES string of the molecule is O=C1NC(c2ccc(Br)cc2)=N/C1=C\c1ccco1. The second-order valence-electron chi connectivity index (χ2n) is 3.97. The van der Waals surface area contributed by atoms with Crippen molar-refractivity contribution in [2.24, 2.45) is 4.99 Å². The summed E-state index contributed by atoms with van der Waals surface area (Å²) in [5.74, 6) is 0.926. The summed E-state index contributed by atoms with van der Waals surface area (Å²) >= 11 is 3.37. The highest BCUT2D eigenvalue weighted by atomic mass is 79.9. The Morgan fingerprint density at radius 2 is 2.00 bits per heavy atom. The van der Waals surface area contributed by atoms with E-state index in [2.05, 4.69) is 26.2 Å². The van der Waals surface area contributed by atoms with E-state index < -0.39 is 0 Å². The number of carbonyl (C=O) groups excluding carboxylic acids is 1. The first-order chi connectivity index (χ1) is 9.22. The lowest BCUT2D eigenvalue weighted by molar-refractivity contribution is -0.115. The Bertz CT molecular complexity index is 670. The third-order valence-electron chi connectivity index (χ3n) is 2.64. The summed E-state index contributed by atoms with van der Waals surface area (Å²) in [7, 11) is 0. The maximum atomic E-state index is 11.8. The van der Waals surface area contributed by atoms with Gasteiger partial charge in [-0.2, -0.15) is 0 Å². The Labute approximate surface area is 118 Å². The van der Waals surface area contributed by atoms with Gasteiger partial charge in [0.15, 0.2) is 0 Å². The number of amides is 1. The van der Waals surface area contributed by atoms with Crippen LogP contribution in [0.2, 0.25) is 0 Å². The number of aliphatic imine (C=N–C) groups is 1. The molecule has 2 aromatic rings. The van der Waals surface area contributed by atoms with Crippen molar-refractivity contribution in [3.8, 4) is 0 Å². The van der Waals surface area contributed by atoms with Gasteiger partial charge in [-0.15, -0.1) is 0 Å². The fourth-order valence-corrected chi connectivity index (χ4v) is 1.99. The van der Waals surface area contributed by atoms with Crippen LogP contribution in [0.1, 0.15) is 11.3 Å². The number of furan rings is 1. The standard InChI is InChI=1S/C14H9BrN2O2/c15-10-5-3-9(4-6-10)13-16-12(14(18)17-13)8-11-2-1-7-19-11/h1-8H,(H,16,17,18)/b12-8-. The monoisotopic (exact) mass is 316 g/mol. The van der Waals surface area contributed by atoms with Crippen LogP contribution < -0.4 is 5.32 Å². The summed E-state index contributed by atoms with van der Waals surface area (Å²) in [4.78, 5) is 16.1. The van der Waals surface area contributed by atoms with E-state index in [-0.39, 0.29) is 5.91 Å². The van der Waals surface area contributed by atoms with E-state index in [4.69, 9.17) is 4.42 Å². The van der Waals surface area contributed by atoms with Gasteiger partial charge >= 0.3 is 0 Å². The number of nitrogens with zero attached hydrogens (tertiary/aromatic N) is 1. The molecule has 0 spiro atoms. The lowest BCUT2D eigenvalue weighted by Crippen LogP contribution is -2.24. The molecular formula is C14H9BrN2O2. The zero-order valence-corrected chi connectivity index (χ0v) is 11.3. The minimum absolute atomic E-state index is 0.227. The Kier molecular flexibility index (Phi) is 3.05. The van der Waals surface area contributed by atoms with Gasteiger partial charge in [0.25, 0.3) is 5.91 Å². The van der Waals surface area contributed by atoms with Crippen LogP contribution in [0, 0.1) is 0 Å². The van der Waals surface area contributed by atoms with Gasteiger partial charge in [0.1, 0.15) is 17.3 Å². The van der Waals surface area contributed by atoms with Gasteiger partial charge in [-0.1, -0.05) is 28.1 Å². The van der Waals surface area contributed by atoms with Crippen molar-refractivity contribution in [2.45, 2.75) is 0 Å². The molecule has 19 heavy (non-hydrogen) atoms. The molecule has 5 heteroatoms. The average Bonchev–Trinajstić information content (AvgIpc) is 3.02. The van der Waals surface area contributed by atoms with E-state index in [0.29, 0.717) is 17.3 Å². The summed E-state index contributed by atoms with van der Waals surface area (Å²) < 4.78 is 6.15. The molecule has 1 N–H and O–H groups in total. The second-order valence-corrected chi connectivity index (χ2v) is 4.88. The third kappa shape index (κ3) is 2.51. The zero-order valence-electron chi connectivity index (χ0n) is 9.76. The Balaban J connectivity index is 1.93. The van der Waals surface area contributed by atoms with Crippen molar-refractivity contribution >= 4 is 33.7 Å². The highest BCUT2D eigenvalue weighted by Gasteiger charge is 2.21. The molecule has 1 aliphatic heterocycles. The molecule has 1 amide bonds. The molecule has 1 aliphatic rings. The summed E-state index contributed by atoms with van der Waals surface area (Å²) in [6, 6.07) is 11.1. The number of rotatable bonds is 2. The van der Waals surface area contributed by atoms with Crippen LogP contribution in [0.25, 0.3) is 6.08 Å². The normalized spacial score (nSPS) is 16.6. The number of carbonyl (C=O) groups is 1. The lowest BCUT2D eigenvalue weighted by Gasteiger charge is -1.99. The topological polar surface area (TPSA) is 54.6 Å². The third-order valence-corrected chi connectivity index (χ3v) is 3.17. The van der Waals surface area contributed by atoms with Gasteiger partial charge < -0.3 is 9.73 Å². The van der Waals surface area contributed by atoms with Crippen LogP contribution in [0.4, 0.5) is 0 Å². The van der Waals surface area contributed by atoms with Gasteiger partial charge in [0.2, 0.25) is 0 Å². The van der Waals surface area contributed by atoms with E-state index in [0.717, 1.165) is 10.0 Å². The molecule has 0 atom stereocenters. The van der Waals surface area contributed by atoms with Crippen molar-refractivity contribution < 1.29 is 9.21 Å². The largest absolute Gasteiger partial charge is 0.465 e. The molecule has 3 rings (SSSR count). The van der Waals surface area contributed by atoms with E-state index in [1.165, 1.54) is 0 Å². The second kappa shape index (κ2) is 4.85. The number of nitrogens with one attached hydrogen (secondary N) is 1. The predicted molar refractivity (Wildman–Crippen MR) is 75.5 cm³/mol. The van der Waals surface area contributed by atoms with E-state index in [9.17, 15) is 4.79 Å². The number of halogens is 1. The van der Waals surface area contributed by atoms with Crippen LogP contribution in [0.3, 0.4) is 0 Å². The first-order valence-corrected chi connectivity index (χ1v) is 6.43. The van der Waals surface area contributed by atoms with Crippen LogP contribution in [-0.2, 0) is 4.79 Å². The summed E-state index contributed by atoms with van der Waals surface area (Å²) in [6.45, 7) is 0. The predicted octanol–water partition coefficient (Wildman–Crippen LogP) is 2.96. The summed E-state index contributed by atoms with van der Waals surface area (Å²) in [5.41, 5.74) is 1.20. The molecule has 0 aliphatic carbocycles. The minimum Gasteiger partial charge on any atom is -0.465 e. The maximum Gasteiger partial charge on any atom is 0.275 e. The van der Waals surface area contributed by atoms with E-state index >= 15 is 0 Å². The minimum atomic E-state index is -0.227. The summed E-state index contributed by atoms with van der Waals surface area (Å²) in [6.07, 6.45) is 3.17. The van der Waals surface area contributed by atoms with Crippen LogP contribution >= 0.6 is 15.9 Å². The molecular weight excluding hydrogens is 308 g/mol. The lowest BCUT2D eigenvalue weighted by atomic mass is 10.2. The Morgan fingerprint density at radius 3 is 2.68 bits per heavy atom. The molecule has 0 radical (unpaired) electrons. The molecule has 2 heterocycles. The fraction of sp³-hybridized carbons (Fsp3) is 0. The fourth-order valence-electron chi connectivity index (χ4n) is 1.72. The van der Waals surface area contributed by atoms with Crippen LogP contribution in [0.5, 0.6) is 0 Å². The zero-order chi connectivity index (χ0) is 13.2. The van der Waals surface area contributed by atoms with Gasteiger partial charge in [0, 0.05) is 16.1 Å². The Morgan fingerprint density at radius 1 is 1.21 bits per heavy atom. The van der Waals surface area contributed by atoms with Gasteiger partial charge in [-0.3, -0.25) is 4.79 Å². The molecule has 0 saturated heterocycles. The molecule has 1 aromatic heterocycles. The highest BCUT2D eigenvalue weighted by Crippen LogP contribution is 2.17. The average molecular weight is 317 g/mol. The van der Waals surface area contributed by atoms with Crippen LogP contribution in [0.15, 0.2) is 62.2 Å². The first-order valence-electron chi connectivity index (χ1n) is 5.63. The molecule has 94 valence electrons. The number of hydrogen-bond donors (Lipinski definition) is 1. The Hall–Kier alpha value is -2.14. The van der Waals surface area contributed by atoms with Gasteiger partial charge in [0.05, 0.1) is 6.26 Å². The van der Waals surface area contributed by atoms with Crippen molar-refractivity contribution in [1.29, 1.82) is 0 Å². The molecule has 0 unspecified atom stereocenters. The summed E-state index contributed by atoms with van der Waals surface area (Å²) in [5, 5.41) is 2.74. The van der Waals surface area contributed by atoms with Crippen molar-refractivity contribution in [3.05, 3.63) is 64.2 Å². The molecule has 1 aromatic carbocycles.